The van der Waals surface area contributed by atoms with Gasteiger partial charge in [-0.05, 0) is 26.7 Å². The second-order valence-electron chi connectivity index (χ2n) is 4.68. The molecule has 0 radical (unpaired) electrons. The van der Waals surface area contributed by atoms with Crippen molar-refractivity contribution in [1.29, 1.82) is 0 Å². The van der Waals surface area contributed by atoms with Crippen molar-refractivity contribution < 1.29 is 0 Å². The monoisotopic (exact) mass is 221 g/mol. The Morgan fingerprint density at radius 1 is 1.00 bits per heavy atom. The predicted octanol–water partition coefficient (Wildman–Crippen LogP) is 4.39. The van der Waals surface area contributed by atoms with Crippen LogP contribution in [0.3, 0.4) is 0 Å². The van der Waals surface area contributed by atoms with Gasteiger partial charge in [-0.25, -0.2) is 0 Å². The fourth-order valence-corrected chi connectivity index (χ4v) is 2.27. The fraction of sp³-hybridized carbons (Fsp3) is 0.600. The van der Waals surface area contributed by atoms with Gasteiger partial charge >= 0.3 is 0 Å². The molecule has 0 rings (SSSR count). The van der Waals surface area contributed by atoms with E-state index in [2.05, 4.69) is 59.4 Å². The molecule has 0 saturated carbocycles. The Hall–Kier alpha value is -0.980. The Labute approximate surface area is 102 Å². The molecular weight excluding hydrogens is 194 g/mol. The summed E-state index contributed by atoms with van der Waals surface area (Å²) in [5.74, 6) is 0.387. The molecule has 0 amide bonds. The van der Waals surface area contributed by atoms with Crippen molar-refractivity contribution in [3.63, 3.8) is 0 Å². The highest BCUT2D eigenvalue weighted by atomic mass is 15.1. The molecule has 2 atom stereocenters. The maximum atomic E-state index is 4.22. The lowest BCUT2D eigenvalue weighted by Crippen LogP contribution is -2.33. The van der Waals surface area contributed by atoms with Crippen LogP contribution in [0, 0.1) is 5.92 Å². The van der Waals surface area contributed by atoms with Gasteiger partial charge in [-0.3, -0.25) is 0 Å². The first-order valence-electron chi connectivity index (χ1n) is 6.09. The number of nitrogens with zero attached hydrogens (tertiary/aromatic N) is 1. The van der Waals surface area contributed by atoms with Crippen molar-refractivity contribution >= 4 is 0 Å². The molecule has 0 aromatic rings. The zero-order valence-electron chi connectivity index (χ0n) is 11.6. The lowest BCUT2D eigenvalue weighted by Gasteiger charge is -2.35. The smallest absolute Gasteiger partial charge is 0.0488 e. The van der Waals surface area contributed by atoms with E-state index < -0.39 is 0 Å². The van der Waals surface area contributed by atoms with Crippen molar-refractivity contribution in [3.05, 3.63) is 36.6 Å². The van der Waals surface area contributed by atoms with Crippen LogP contribution in [0.1, 0.15) is 40.5 Å². The molecule has 1 nitrogen and oxygen atoms in total. The molecule has 0 spiro atoms. The third kappa shape index (κ3) is 3.55. The van der Waals surface area contributed by atoms with E-state index >= 15 is 0 Å². The Balaban J connectivity index is 4.82. The summed E-state index contributed by atoms with van der Waals surface area (Å²) in [4.78, 5) is 2.26. The van der Waals surface area contributed by atoms with Crippen LogP contribution in [0.15, 0.2) is 36.6 Å². The van der Waals surface area contributed by atoms with Crippen LogP contribution in [-0.2, 0) is 0 Å². The second kappa shape index (κ2) is 6.57. The van der Waals surface area contributed by atoms with E-state index in [-0.39, 0.29) is 0 Å². The summed E-state index contributed by atoms with van der Waals surface area (Å²) in [5, 5.41) is 0. The predicted molar refractivity (Wildman–Crippen MR) is 74.4 cm³/mol. The van der Waals surface area contributed by atoms with Crippen LogP contribution in [0.5, 0.6) is 0 Å². The summed E-state index contributed by atoms with van der Waals surface area (Å²) in [6, 6.07) is 0.390. The topological polar surface area (TPSA) is 3.24 Å². The van der Waals surface area contributed by atoms with Crippen molar-refractivity contribution in [1.82, 2.24) is 4.90 Å². The van der Waals surface area contributed by atoms with E-state index in [1.807, 2.05) is 0 Å². The Morgan fingerprint density at radius 3 is 1.75 bits per heavy atom. The van der Waals surface area contributed by atoms with Gasteiger partial charge in [0.15, 0.2) is 0 Å². The summed E-state index contributed by atoms with van der Waals surface area (Å²) in [6.07, 6.45) is 2.13. The molecule has 0 saturated heterocycles. The molecule has 0 bridgehead atoms. The SMILES string of the molecule is C=C(C)C(CC)C(=C)N(C)C(CC)C(=C)C. The van der Waals surface area contributed by atoms with Gasteiger partial charge in [-0.1, -0.05) is 44.7 Å². The zero-order valence-corrected chi connectivity index (χ0v) is 11.6. The lowest BCUT2D eigenvalue weighted by atomic mass is 9.93. The highest BCUT2D eigenvalue weighted by molar-refractivity contribution is 5.17. The number of allylic oxidation sites excluding steroid dienone is 1. The molecule has 0 heterocycles. The van der Waals surface area contributed by atoms with Gasteiger partial charge in [0.05, 0.1) is 0 Å². The van der Waals surface area contributed by atoms with Gasteiger partial charge in [0.2, 0.25) is 0 Å². The zero-order chi connectivity index (χ0) is 12.9. The van der Waals surface area contributed by atoms with Crippen LogP contribution in [-0.4, -0.2) is 18.0 Å². The molecule has 0 aliphatic rings. The van der Waals surface area contributed by atoms with Crippen molar-refractivity contribution in [2.45, 2.75) is 46.6 Å². The molecule has 0 aliphatic carbocycles. The number of likely N-dealkylation sites (N-methyl/N-ethyl adjacent to an activating group) is 1. The summed E-state index contributed by atoms with van der Waals surface area (Å²) >= 11 is 0. The Morgan fingerprint density at radius 2 is 1.50 bits per heavy atom. The largest absolute Gasteiger partial charge is 0.371 e. The van der Waals surface area contributed by atoms with Crippen LogP contribution in [0.25, 0.3) is 0 Å². The highest BCUT2D eigenvalue weighted by Crippen LogP contribution is 2.26. The van der Waals surface area contributed by atoms with Crippen LogP contribution in [0.4, 0.5) is 0 Å². The van der Waals surface area contributed by atoms with Gasteiger partial charge in [0, 0.05) is 24.7 Å². The molecule has 2 unspecified atom stereocenters. The van der Waals surface area contributed by atoms with Crippen molar-refractivity contribution in [3.8, 4) is 0 Å². The van der Waals surface area contributed by atoms with E-state index in [1.54, 1.807) is 0 Å². The third-order valence-electron chi connectivity index (χ3n) is 3.28. The van der Waals surface area contributed by atoms with Gasteiger partial charge in [-0.2, -0.15) is 0 Å². The standard InChI is InChI=1S/C15H27N/c1-9-14(11(3)4)13(7)16(8)15(10-2)12(5)6/h14-15H,3,5,7,9-10H2,1-2,4,6,8H3. The summed E-state index contributed by atoms with van der Waals surface area (Å²) in [6.45, 7) is 20.9. The fourth-order valence-electron chi connectivity index (χ4n) is 2.27. The van der Waals surface area contributed by atoms with Gasteiger partial charge in [0.25, 0.3) is 0 Å². The number of hydrogen-bond donors (Lipinski definition) is 0. The first-order valence-corrected chi connectivity index (χ1v) is 6.09. The van der Waals surface area contributed by atoms with E-state index in [4.69, 9.17) is 0 Å². The molecule has 0 aromatic carbocycles. The van der Waals surface area contributed by atoms with Crippen molar-refractivity contribution in [2.75, 3.05) is 7.05 Å². The van der Waals surface area contributed by atoms with E-state index in [1.165, 1.54) is 11.1 Å². The quantitative estimate of drug-likeness (QED) is 0.576. The minimum absolute atomic E-state index is 0.387. The maximum Gasteiger partial charge on any atom is 0.0488 e. The molecule has 0 aromatic heterocycles. The van der Waals surface area contributed by atoms with Gasteiger partial charge in [-0.15, -0.1) is 0 Å². The molecule has 16 heavy (non-hydrogen) atoms. The average Bonchev–Trinajstić information content (AvgIpc) is 2.18. The van der Waals surface area contributed by atoms with Crippen LogP contribution in [0.2, 0.25) is 0 Å². The van der Waals surface area contributed by atoms with E-state index in [0.29, 0.717) is 12.0 Å². The molecule has 0 N–H and O–H groups in total. The molecule has 92 valence electrons. The number of rotatable bonds is 7. The lowest BCUT2D eigenvalue weighted by molar-refractivity contribution is 0.301. The average molecular weight is 221 g/mol. The first-order chi connectivity index (χ1) is 7.36. The Kier molecular flexibility index (Phi) is 6.17. The molecule has 0 aliphatic heterocycles. The summed E-state index contributed by atoms with van der Waals surface area (Å²) in [5.41, 5.74) is 3.54. The van der Waals surface area contributed by atoms with E-state index in [0.717, 1.165) is 18.5 Å². The Bertz CT molecular complexity index is 275. The second-order valence-corrected chi connectivity index (χ2v) is 4.68. The first kappa shape index (κ1) is 15.0. The minimum Gasteiger partial charge on any atom is -0.371 e. The van der Waals surface area contributed by atoms with Gasteiger partial charge in [0.1, 0.15) is 0 Å². The molecule has 0 fully saturated rings. The molecular formula is C15H27N. The van der Waals surface area contributed by atoms with Crippen molar-refractivity contribution in [2.24, 2.45) is 5.92 Å². The minimum atomic E-state index is 0.387. The van der Waals surface area contributed by atoms with Crippen LogP contribution >= 0.6 is 0 Å². The summed E-state index contributed by atoms with van der Waals surface area (Å²) in [7, 11) is 2.11. The molecule has 1 heteroatoms. The maximum absolute atomic E-state index is 4.22. The van der Waals surface area contributed by atoms with Crippen LogP contribution < -0.4 is 0 Å². The summed E-state index contributed by atoms with van der Waals surface area (Å²) < 4.78 is 0. The van der Waals surface area contributed by atoms with E-state index in [9.17, 15) is 0 Å². The van der Waals surface area contributed by atoms with Gasteiger partial charge < -0.3 is 4.90 Å². The number of hydrogen-bond acceptors (Lipinski definition) is 1. The highest BCUT2D eigenvalue weighted by Gasteiger charge is 2.20. The third-order valence-corrected chi connectivity index (χ3v) is 3.28. The normalized spacial score (nSPS) is 14.1.